The predicted molar refractivity (Wildman–Crippen MR) is 120 cm³/mol. The summed E-state index contributed by atoms with van der Waals surface area (Å²) in [5, 5.41) is 4.46. The number of halogens is 5. The van der Waals surface area contributed by atoms with Gasteiger partial charge in [0.2, 0.25) is 0 Å². The largest absolute Gasteiger partial charge is 0.573 e. The number of benzene rings is 3. The molecule has 1 aromatic heterocycles. The van der Waals surface area contributed by atoms with Gasteiger partial charge in [-0.3, -0.25) is 9.48 Å². The number of nitrogens with one attached hydrogen (secondary N) is 1. The molecule has 0 atom stereocenters. The zero-order chi connectivity index (χ0) is 26.8. The second-order valence-corrected chi connectivity index (χ2v) is 9.13. The van der Waals surface area contributed by atoms with Crippen LogP contribution in [0.15, 0.2) is 77.7 Å². The number of rotatable bonds is 8. The van der Waals surface area contributed by atoms with E-state index >= 15 is 0 Å². The van der Waals surface area contributed by atoms with Gasteiger partial charge in [-0.15, -0.1) is 13.2 Å². The summed E-state index contributed by atoms with van der Waals surface area (Å²) in [7, 11) is -4.79. The lowest BCUT2D eigenvalue weighted by molar-refractivity contribution is -0.275. The third-order valence-corrected chi connectivity index (χ3v) is 6.32. The normalized spacial score (nSPS) is 12.1. The van der Waals surface area contributed by atoms with Crippen LogP contribution in [0.5, 0.6) is 11.5 Å². The quantitative estimate of drug-likeness (QED) is 0.325. The van der Waals surface area contributed by atoms with E-state index in [1.54, 1.807) is 22.9 Å². The molecule has 0 aliphatic rings. The number of amides is 1. The minimum absolute atomic E-state index is 0.0517. The van der Waals surface area contributed by atoms with Crippen molar-refractivity contribution in [3.05, 3.63) is 84.1 Å². The van der Waals surface area contributed by atoms with Crippen molar-refractivity contribution in [3.63, 3.8) is 0 Å². The molecule has 4 rings (SSSR count). The molecular formula is C23H16F5N3O5S. The molecule has 0 bridgehead atoms. The van der Waals surface area contributed by atoms with E-state index in [-0.39, 0.29) is 23.4 Å². The molecule has 0 unspecified atom stereocenters. The van der Waals surface area contributed by atoms with Gasteiger partial charge in [0.05, 0.1) is 12.1 Å². The van der Waals surface area contributed by atoms with E-state index in [4.69, 9.17) is 0 Å². The summed E-state index contributed by atoms with van der Waals surface area (Å²) in [4.78, 5) is 12.0. The van der Waals surface area contributed by atoms with Crippen molar-refractivity contribution in [1.29, 1.82) is 0 Å². The number of hydrogen-bond donors (Lipinski definition) is 1. The Bertz CT molecular complexity index is 1540. The van der Waals surface area contributed by atoms with Gasteiger partial charge < -0.3 is 9.47 Å². The number of alkyl halides is 5. The molecular weight excluding hydrogens is 525 g/mol. The van der Waals surface area contributed by atoms with Crippen molar-refractivity contribution in [2.45, 2.75) is 24.4 Å². The first-order chi connectivity index (χ1) is 17.4. The molecule has 0 aliphatic heterocycles. The molecule has 0 saturated carbocycles. The molecule has 14 heteroatoms. The molecule has 0 aliphatic carbocycles. The van der Waals surface area contributed by atoms with Crippen LogP contribution < -0.4 is 14.2 Å². The highest BCUT2D eigenvalue weighted by atomic mass is 32.2. The number of carbonyl (C=O) groups is 1. The zero-order valence-electron chi connectivity index (χ0n) is 18.4. The highest BCUT2D eigenvalue weighted by Gasteiger charge is 2.34. The van der Waals surface area contributed by atoms with Crippen molar-refractivity contribution < 1.29 is 44.6 Å². The van der Waals surface area contributed by atoms with Gasteiger partial charge in [0.15, 0.2) is 5.69 Å². The number of fused-ring (bicyclic) bond motifs is 1. The molecule has 8 nitrogen and oxygen atoms in total. The first kappa shape index (κ1) is 25.9. The third-order valence-electron chi connectivity index (χ3n) is 4.95. The van der Waals surface area contributed by atoms with Crippen molar-refractivity contribution in [1.82, 2.24) is 14.5 Å². The fraction of sp³-hybridized carbons (Fsp3) is 0.130. The van der Waals surface area contributed by atoms with Crippen LogP contribution in [0.4, 0.5) is 22.0 Å². The summed E-state index contributed by atoms with van der Waals surface area (Å²) in [6.07, 6.45) is -5.16. The van der Waals surface area contributed by atoms with Crippen LogP contribution in [0.1, 0.15) is 16.1 Å². The molecule has 194 valence electrons. The molecule has 1 heterocycles. The molecule has 1 amide bonds. The molecule has 0 fully saturated rings. The van der Waals surface area contributed by atoms with Gasteiger partial charge in [-0.05, 0) is 35.9 Å². The highest BCUT2D eigenvalue weighted by molar-refractivity contribution is 7.90. The summed E-state index contributed by atoms with van der Waals surface area (Å²) >= 11 is 0. The molecule has 0 spiro atoms. The van der Waals surface area contributed by atoms with E-state index in [1.807, 2.05) is 0 Å². The van der Waals surface area contributed by atoms with Crippen LogP contribution in [0.25, 0.3) is 10.9 Å². The third kappa shape index (κ3) is 6.14. The molecule has 37 heavy (non-hydrogen) atoms. The lowest BCUT2D eigenvalue weighted by Gasteiger charge is -2.13. The van der Waals surface area contributed by atoms with Crippen LogP contribution >= 0.6 is 0 Å². The van der Waals surface area contributed by atoms with Gasteiger partial charge in [0, 0.05) is 5.39 Å². The predicted octanol–water partition coefficient (Wildman–Crippen LogP) is 4.70. The fourth-order valence-corrected chi connectivity index (χ4v) is 4.55. The van der Waals surface area contributed by atoms with E-state index in [1.165, 1.54) is 41.1 Å². The van der Waals surface area contributed by atoms with E-state index in [0.29, 0.717) is 11.1 Å². The van der Waals surface area contributed by atoms with E-state index < -0.39 is 39.5 Å². The summed E-state index contributed by atoms with van der Waals surface area (Å²) in [5.74, 6) is -2.24. The number of aromatic nitrogens is 2. The highest BCUT2D eigenvalue weighted by Crippen LogP contribution is 2.29. The number of carbonyl (C=O) groups excluding carboxylic acids is 1. The molecule has 0 saturated heterocycles. The van der Waals surface area contributed by atoms with E-state index in [2.05, 4.69) is 14.6 Å². The van der Waals surface area contributed by atoms with Gasteiger partial charge >= 0.3 is 13.0 Å². The van der Waals surface area contributed by atoms with Gasteiger partial charge in [0.1, 0.15) is 16.4 Å². The number of nitrogens with zero attached hydrogens (tertiary/aromatic N) is 2. The summed E-state index contributed by atoms with van der Waals surface area (Å²) in [6.45, 7) is -2.90. The summed E-state index contributed by atoms with van der Waals surface area (Å²) < 4.78 is 99.7. The number of ether oxygens (including phenoxy) is 2. The van der Waals surface area contributed by atoms with Crippen LogP contribution in [0, 0.1) is 0 Å². The van der Waals surface area contributed by atoms with Crippen LogP contribution in [-0.2, 0) is 16.6 Å². The SMILES string of the molecule is O=C(NS(=O)(=O)c1ccccc1OC(F)(F)F)c1nn(Cc2ccc(OC(F)F)cc2)c2ccccc12. The molecule has 4 aromatic rings. The second kappa shape index (κ2) is 10.0. The minimum atomic E-state index is -5.16. The topological polar surface area (TPSA) is 99.5 Å². The maximum Gasteiger partial charge on any atom is 0.573 e. The van der Waals surface area contributed by atoms with Gasteiger partial charge in [-0.25, -0.2) is 13.1 Å². The minimum Gasteiger partial charge on any atom is -0.435 e. The average molecular weight is 541 g/mol. The Morgan fingerprint density at radius 1 is 0.973 bits per heavy atom. The lowest BCUT2D eigenvalue weighted by atomic mass is 10.2. The number of sulfonamides is 1. The summed E-state index contributed by atoms with van der Waals surface area (Å²) in [6, 6.07) is 16.0. The number of para-hydroxylation sites is 2. The average Bonchev–Trinajstić information content (AvgIpc) is 3.18. The van der Waals surface area contributed by atoms with Crippen LogP contribution in [0.3, 0.4) is 0 Å². The van der Waals surface area contributed by atoms with E-state index in [9.17, 15) is 35.2 Å². The Balaban J connectivity index is 1.62. The Kier molecular flexibility index (Phi) is 7.03. The summed E-state index contributed by atoms with van der Waals surface area (Å²) in [5.41, 5.74) is 0.748. The maximum absolute atomic E-state index is 12.9. The van der Waals surface area contributed by atoms with Crippen molar-refractivity contribution in [3.8, 4) is 11.5 Å². The van der Waals surface area contributed by atoms with Gasteiger partial charge in [-0.1, -0.05) is 42.5 Å². The maximum atomic E-state index is 12.9. The Morgan fingerprint density at radius 2 is 1.62 bits per heavy atom. The smallest absolute Gasteiger partial charge is 0.435 e. The van der Waals surface area contributed by atoms with Gasteiger partial charge in [-0.2, -0.15) is 13.9 Å². The lowest BCUT2D eigenvalue weighted by Crippen LogP contribution is -2.32. The van der Waals surface area contributed by atoms with Crippen molar-refractivity contribution >= 4 is 26.8 Å². The second-order valence-electron chi connectivity index (χ2n) is 7.48. The molecule has 1 N–H and O–H groups in total. The van der Waals surface area contributed by atoms with Crippen molar-refractivity contribution in [2.75, 3.05) is 0 Å². The fourth-order valence-electron chi connectivity index (χ4n) is 3.47. The zero-order valence-corrected chi connectivity index (χ0v) is 19.3. The monoisotopic (exact) mass is 541 g/mol. The molecule has 3 aromatic carbocycles. The first-order valence-electron chi connectivity index (χ1n) is 10.3. The van der Waals surface area contributed by atoms with Gasteiger partial charge in [0.25, 0.3) is 15.9 Å². The van der Waals surface area contributed by atoms with Crippen molar-refractivity contribution in [2.24, 2.45) is 0 Å². The standard InChI is InChI=1S/C23H16F5N3O5S/c24-22(25)35-15-11-9-14(10-12-15)13-31-17-6-2-1-5-16(17)20(29-31)21(32)30-37(33,34)19-8-4-3-7-18(19)36-23(26,27)28/h1-12,22H,13H2,(H,30,32). The van der Waals surface area contributed by atoms with E-state index in [0.717, 1.165) is 18.2 Å². The Morgan fingerprint density at radius 3 is 2.30 bits per heavy atom. The van der Waals surface area contributed by atoms with Crippen LogP contribution in [0.2, 0.25) is 0 Å². The molecule has 0 radical (unpaired) electrons. The Hall–Kier alpha value is -4.20. The number of hydrogen-bond acceptors (Lipinski definition) is 6. The van der Waals surface area contributed by atoms with Crippen LogP contribution in [-0.4, -0.2) is 37.1 Å². The Labute approximate surface area is 206 Å². The first-order valence-corrected chi connectivity index (χ1v) is 11.8.